The van der Waals surface area contributed by atoms with E-state index in [1.165, 1.54) is 25.9 Å². The minimum absolute atomic E-state index is 0.0418. The molecular formula is C18H27NO2. The first-order chi connectivity index (χ1) is 10.2. The highest BCUT2D eigenvalue weighted by molar-refractivity contribution is 6.00. The highest BCUT2D eigenvalue weighted by Crippen LogP contribution is 2.32. The van der Waals surface area contributed by atoms with Gasteiger partial charge in [0.15, 0.2) is 5.78 Å². The number of Topliss-reactive ketones (excluding diaryl/α,β-unsaturated/α-hetero) is 1. The molecule has 0 aromatic heterocycles. The number of hydrogen-bond acceptors (Lipinski definition) is 3. The quantitative estimate of drug-likeness (QED) is 0.779. The van der Waals surface area contributed by atoms with Crippen LogP contribution in [0.2, 0.25) is 0 Å². The van der Waals surface area contributed by atoms with Crippen molar-refractivity contribution in [2.75, 3.05) is 26.7 Å². The molecule has 21 heavy (non-hydrogen) atoms. The van der Waals surface area contributed by atoms with E-state index in [-0.39, 0.29) is 12.0 Å². The Balaban J connectivity index is 1.62. The van der Waals surface area contributed by atoms with Gasteiger partial charge in [0.1, 0.15) is 0 Å². The Hall–Kier alpha value is -0.930. The molecule has 1 aliphatic heterocycles. The van der Waals surface area contributed by atoms with Crippen LogP contribution in [0.25, 0.3) is 0 Å². The Labute approximate surface area is 128 Å². The molecule has 1 saturated heterocycles. The van der Waals surface area contributed by atoms with Gasteiger partial charge in [-0.05, 0) is 44.2 Å². The van der Waals surface area contributed by atoms with E-state index >= 15 is 0 Å². The molecule has 0 aromatic carbocycles. The number of ether oxygens (including phenoxy) is 1. The molecule has 0 radical (unpaired) electrons. The Morgan fingerprint density at radius 2 is 2.19 bits per heavy atom. The number of rotatable bonds is 5. The van der Waals surface area contributed by atoms with E-state index in [1.54, 1.807) is 7.11 Å². The minimum Gasteiger partial charge on any atom is -0.377 e. The fourth-order valence-corrected chi connectivity index (χ4v) is 3.53. The smallest absolute Gasteiger partial charge is 0.166 e. The molecule has 0 spiro atoms. The van der Waals surface area contributed by atoms with Gasteiger partial charge < -0.3 is 9.64 Å². The number of ketones is 1. The maximum atomic E-state index is 12.8. The molecule has 0 N–H and O–H groups in total. The van der Waals surface area contributed by atoms with Gasteiger partial charge in [-0.25, -0.2) is 0 Å². The lowest BCUT2D eigenvalue weighted by molar-refractivity contribution is -0.120. The second kappa shape index (κ2) is 6.45. The SMILES string of the molecule is COC1C=C(C(=O)[C@H]2CCCN(CC3CC3)C2)C=CC1C. The number of methoxy groups -OCH3 is 1. The maximum Gasteiger partial charge on any atom is 0.166 e. The van der Waals surface area contributed by atoms with Crippen molar-refractivity contribution in [3.05, 3.63) is 23.8 Å². The van der Waals surface area contributed by atoms with Crippen molar-refractivity contribution >= 4 is 5.78 Å². The third-order valence-corrected chi connectivity index (χ3v) is 5.09. The summed E-state index contributed by atoms with van der Waals surface area (Å²) in [4.78, 5) is 15.3. The summed E-state index contributed by atoms with van der Waals surface area (Å²) in [5.74, 6) is 1.76. The van der Waals surface area contributed by atoms with E-state index in [4.69, 9.17) is 4.74 Å². The van der Waals surface area contributed by atoms with Crippen molar-refractivity contribution < 1.29 is 9.53 Å². The van der Waals surface area contributed by atoms with E-state index < -0.39 is 0 Å². The van der Waals surface area contributed by atoms with Gasteiger partial charge in [0.05, 0.1) is 6.10 Å². The van der Waals surface area contributed by atoms with Crippen LogP contribution in [0.3, 0.4) is 0 Å². The molecular weight excluding hydrogens is 262 g/mol. The zero-order valence-corrected chi connectivity index (χ0v) is 13.3. The molecule has 1 heterocycles. The van der Waals surface area contributed by atoms with Crippen LogP contribution in [-0.4, -0.2) is 43.5 Å². The van der Waals surface area contributed by atoms with Gasteiger partial charge in [-0.2, -0.15) is 0 Å². The number of carbonyl (C=O) groups excluding carboxylic acids is 1. The first-order valence-corrected chi connectivity index (χ1v) is 8.36. The molecule has 3 atom stereocenters. The number of allylic oxidation sites excluding steroid dienone is 2. The van der Waals surface area contributed by atoms with Crippen molar-refractivity contribution in [2.45, 2.75) is 38.7 Å². The van der Waals surface area contributed by atoms with Crippen LogP contribution in [0.1, 0.15) is 32.6 Å². The molecule has 2 fully saturated rings. The largest absolute Gasteiger partial charge is 0.377 e. The molecule has 3 aliphatic rings. The van der Waals surface area contributed by atoms with E-state index in [1.807, 2.05) is 12.2 Å². The Morgan fingerprint density at radius 1 is 1.38 bits per heavy atom. The van der Waals surface area contributed by atoms with Crippen LogP contribution in [0.4, 0.5) is 0 Å². The van der Waals surface area contributed by atoms with Crippen LogP contribution in [0.5, 0.6) is 0 Å². The molecule has 0 aromatic rings. The average Bonchev–Trinajstić information content (AvgIpc) is 3.31. The highest BCUT2D eigenvalue weighted by Gasteiger charge is 2.31. The van der Waals surface area contributed by atoms with Crippen LogP contribution >= 0.6 is 0 Å². The van der Waals surface area contributed by atoms with Gasteiger partial charge >= 0.3 is 0 Å². The molecule has 2 aliphatic carbocycles. The van der Waals surface area contributed by atoms with Gasteiger partial charge in [-0.1, -0.05) is 19.1 Å². The molecule has 2 unspecified atom stereocenters. The molecule has 3 nitrogen and oxygen atoms in total. The van der Waals surface area contributed by atoms with Gasteiger partial charge in [-0.15, -0.1) is 0 Å². The average molecular weight is 289 g/mol. The first kappa shape index (κ1) is 15.0. The monoisotopic (exact) mass is 289 g/mol. The molecule has 3 heteroatoms. The lowest BCUT2D eigenvalue weighted by atomic mass is 9.85. The summed E-state index contributed by atoms with van der Waals surface area (Å²) in [5.41, 5.74) is 0.859. The van der Waals surface area contributed by atoms with Crippen molar-refractivity contribution in [3.63, 3.8) is 0 Å². The Kier molecular flexibility index (Phi) is 4.60. The summed E-state index contributed by atoms with van der Waals surface area (Å²) in [7, 11) is 1.72. The van der Waals surface area contributed by atoms with Crippen LogP contribution in [-0.2, 0) is 9.53 Å². The summed E-state index contributed by atoms with van der Waals surface area (Å²) in [6.07, 6.45) is 11.1. The fourth-order valence-electron chi connectivity index (χ4n) is 3.53. The summed E-state index contributed by atoms with van der Waals surface area (Å²) >= 11 is 0. The molecule has 116 valence electrons. The topological polar surface area (TPSA) is 29.5 Å². The van der Waals surface area contributed by atoms with E-state index in [9.17, 15) is 4.79 Å². The molecule has 3 rings (SSSR count). The predicted octanol–water partition coefficient (Wildman–Crippen LogP) is 2.82. The highest BCUT2D eigenvalue weighted by atomic mass is 16.5. The summed E-state index contributed by atoms with van der Waals surface area (Å²) < 4.78 is 5.46. The number of piperidine rings is 1. The van der Waals surface area contributed by atoms with Gasteiger partial charge in [-0.3, -0.25) is 4.79 Å². The molecule has 1 saturated carbocycles. The third kappa shape index (κ3) is 3.64. The maximum absolute atomic E-state index is 12.8. The van der Waals surface area contributed by atoms with E-state index in [0.29, 0.717) is 11.7 Å². The minimum atomic E-state index is 0.0418. The van der Waals surface area contributed by atoms with E-state index in [0.717, 1.165) is 30.9 Å². The summed E-state index contributed by atoms with van der Waals surface area (Å²) in [5, 5.41) is 0. The van der Waals surface area contributed by atoms with Crippen molar-refractivity contribution in [1.29, 1.82) is 0 Å². The number of nitrogens with zero attached hydrogens (tertiary/aromatic N) is 1. The Morgan fingerprint density at radius 3 is 2.90 bits per heavy atom. The molecule has 0 bridgehead atoms. The van der Waals surface area contributed by atoms with Gasteiger partial charge in [0.2, 0.25) is 0 Å². The predicted molar refractivity (Wildman–Crippen MR) is 84.1 cm³/mol. The van der Waals surface area contributed by atoms with Crippen molar-refractivity contribution in [2.24, 2.45) is 17.8 Å². The standard InChI is InChI=1S/C18H27NO2/c1-13-5-8-15(10-17(13)21-2)18(20)16-4-3-9-19(12-16)11-14-6-7-14/h5,8,10,13-14,16-17H,3-4,6-7,9,11-12H2,1-2H3/t13?,16-,17?/m0/s1. The van der Waals surface area contributed by atoms with Crippen LogP contribution in [0.15, 0.2) is 23.8 Å². The number of carbonyl (C=O) groups is 1. The first-order valence-electron chi connectivity index (χ1n) is 8.36. The van der Waals surface area contributed by atoms with Gasteiger partial charge in [0, 0.05) is 37.6 Å². The zero-order valence-electron chi connectivity index (χ0n) is 13.3. The lowest BCUT2D eigenvalue weighted by Crippen LogP contribution is -2.40. The summed E-state index contributed by atoms with van der Waals surface area (Å²) in [6, 6.07) is 0. The van der Waals surface area contributed by atoms with Crippen LogP contribution < -0.4 is 0 Å². The van der Waals surface area contributed by atoms with E-state index in [2.05, 4.69) is 17.9 Å². The van der Waals surface area contributed by atoms with Crippen molar-refractivity contribution in [3.8, 4) is 0 Å². The van der Waals surface area contributed by atoms with Crippen LogP contribution in [0, 0.1) is 17.8 Å². The fraction of sp³-hybridized carbons (Fsp3) is 0.722. The molecule has 0 amide bonds. The van der Waals surface area contributed by atoms with Gasteiger partial charge in [0.25, 0.3) is 0 Å². The normalized spacial score (nSPS) is 33.8. The number of likely N-dealkylation sites (tertiary alicyclic amines) is 1. The second-order valence-corrected chi connectivity index (χ2v) is 6.95. The third-order valence-electron chi connectivity index (χ3n) is 5.09. The number of hydrogen-bond donors (Lipinski definition) is 0. The zero-order chi connectivity index (χ0) is 14.8. The summed E-state index contributed by atoms with van der Waals surface area (Å²) in [6.45, 7) is 5.46. The lowest BCUT2D eigenvalue weighted by Gasteiger charge is -2.32. The van der Waals surface area contributed by atoms with Crippen molar-refractivity contribution in [1.82, 2.24) is 4.90 Å². The Bertz CT molecular complexity index is 450. The second-order valence-electron chi connectivity index (χ2n) is 6.95.